The van der Waals surface area contributed by atoms with Crippen molar-refractivity contribution in [3.8, 4) is 0 Å². The molecule has 1 heterocycles. The van der Waals surface area contributed by atoms with Gasteiger partial charge in [-0.1, -0.05) is 13.8 Å². The Morgan fingerprint density at radius 1 is 1.56 bits per heavy atom. The van der Waals surface area contributed by atoms with Crippen LogP contribution in [0.25, 0.3) is 0 Å². The van der Waals surface area contributed by atoms with Crippen LogP contribution >= 0.6 is 23.1 Å². The summed E-state index contributed by atoms with van der Waals surface area (Å²) in [4.78, 5) is 16.3. The molecule has 0 spiro atoms. The second-order valence-electron chi connectivity index (χ2n) is 3.90. The Morgan fingerprint density at radius 2 is 2.25 bits per heavy atom. The number of aromatic nitrogens is 1. The number of nitrogens with zero attached hydrogens (tertiary/aromatic N) is 1. The topological polar surface area (TPSA) is 50.2 Å². The zero-order valence-corrected chi connectivity index (χ0v) is 11.5. The van der Waals surface area contributed by atoms with E-state index in [9.17, 15) is 4.79 Å². The van der Waals surface area contributed by atoms with Crippen molar-refractivity contribution >= 4 is 29.1 Å². The Labute approximate surface area is 104 Å². The van der Waals surface area contributed by atoms with Crippen molar-refractivity contribution in [2.75, 3.05) is 6.26 Å². The van der Waals surface area contributed by atoms with E-state index < -0.39 is 5.97 Å². The predicted molar refractivity (Wildman–Crippen MR) is 69.4 cm³/mol. The second kappa shape index (κ2) is 6.25. The Hall–Kier alpha value is -0.550. The molecule has 0 atom stereocenters. The highest BCUT2D eigenvalue weighted by atomic mass is 32.2. The number of aliphatic carboxylic acids is 1. The first-order valence-electron chi connectivity index (χ1n) is 5.23. The molecule has 0 aromatic carbocycles. The van der Waals surface area contributed by atoms with Crippen LogP contribution in [0.1, 0.15) is 41.8 Å². The number of thiazole rings is 1. The molecule has 0 unspecified atom stereocenters. The average molecular weight is 259 g/mol. The van der Waals surface area contributed by atoms with E-state index in [0.717, 1.165) is 21.3 Å². The van der Waals surface area contributed by atoms with Crippen LogP contribution in [0.5, 0.6) is 0 Å². The average Bonchev–Trinajstić information content (AvgIpc) is 2.59. The van der Waals surface area contributed by atoms with Gasteiger partial charge >= 0.3 is 5.97 Å². The summed E-state index contributed by atoms with van der Waals surface area (Å²) >= 11 is 3.40. The smallest absolute Gasteiger partial charge is 0.303 e. The van der Waals surface area contributed by atoms with Crippen molar-refractivity contribution in [3.05, 3.63) is 15.6 Å². The maximum absolute atomic E-state index is 10.6. The van der Waals surface area contributed by atoms with E-state index in [2.05, 4.69) is 18.8 Å². The lowest BCUT2D eigenvalue weighted by atomic mass is 10.1. The van der Waals surface area contributed by atoms with Crippen molar-refractivity contribution in [2.24, 2.45) is 0 Å². The molecule has 0 fully saturated rings. The lowest BCUT2D eigenvalue weighted by molar-refractivity contribution is -0.136. The van der Waals surface area contributed by atoms with Crippen LogP contribution in [0.4, 0.5) is 0 Å². The van der Waals surface area contributed by atoms with Crippen molar-refractivity contribution in [1.29, 1.82) is 0 Å². The molecule has 0 aliphatic heterocycles. The minimum Gasteiger partial charge on any atom is -0.481 e. The third-order valence-corrected chi connectivity index (χ3v) is 4.03. The van der Waals surface area contributed by atoms with Gasteiger partial charge < -0.3 is 5.11 Å². The summed E-state index contributed by atoms with van der Waals surface area (Å²) in [6, 6.07) is 0. The molecule has 0 amide bonds. The number of thioether (sulfide) groups is 1. The van der Waals surface area contributed by atoms with E-state index in [1.807, 2.05) is 6.26 Å². The summed E-state index contributed by atoms with van der Waals surface area (Å²) < 4.78 is 0. The third kappa shape index (κ3) is 3.79. The quantitative estimate of drug-likeness (QED) is 0.852. The normalized spacial score (nSPS) is 11.0. The fourth-order valence-corrected chi connectivity index (χ4v) is 3.37. The lowest BCUT2D eigenvalue weighted by Crippen LogP contribution is -1.99. The van der Waals surface area contributed by atoms with Crippen LogP contribution in [-0.4, -0.2) is 22.3 Å². The summed E-state index contributed by atoms with van der Waals surface area (Å²) in [6.07, 6.45) is 2.85. The van der Waals surface area contributed by atoms with Gasteiger partial charge in [-0.3, -0.25) is 4.79 Å². The van der Waals surface area contributed by atoms with Crippen molar-refractivity contribution in [1.82, 2.24) is 4.98 Å². The largest absolute Gasteiger partial charge is 0.481 e. The molecule has 0 aliphatic rings. The Balaban J connectivity index is 2.82. The molecule has 0 radical (unpaired) electrons. The van der Waals surface area contributed by atoms with Crippen LogP contribution in [0, 0.1) is 0 Å². The maximum Gasteiger partial charge on any atom is 0.303 e. The summed E-state index contributed by atoms with van der Waals surface area (Å²) in [6.45, 7) is 4.20. The summed E-state index contributed by atoms with van der Waals surface area (Å²) in [5, 5.41) is 9.80. The molecule has 90 valence electrons. The first-order chi connectivity index (χ1) is 7.54. The highest BCUT2D eigenvalue weighted by Gasteiger charge is 2.14. The van der Waals surface area contributed by atoms with Crippen LogP contribution in [-0.2, 0) is 17.0 Å². The van der Waals surface area contributed by atoms with Crippen LogP contribution in [0.15, 0.2) is 0 Å². The highest BCUT2D eigenvalue weighted by molar-refractivity contribution is 7.97. The van der Waals surface area contributed by atoms with Crippen LogP contribution in [0.3, 0.4) is 0 Å². The SMILES string of the molecule is CSCc1nc(C(C)C)c(CCC(=O)O)s1. The van der Waals surface area contributed by atoms with E-state index in [0.29, 0.717) is 12.3 Å². The van der Waals surface area contributed by atoms with Gasteiger partial charge in [-0.2, -0.15) is 11.8 Å². The molecule has 0 bridgehead atoms. The standard InChI is InChI=1S/C11H17NO2S2/c1-7(2)11-8(4-5-10(13)14)16-9(12-11)6-15-3/h7H,4-6H2,1-3H3,(H,13,14). The monoisotopic (exact) mass is 259 g/mol. The van der Waals surface area contributed by atoms with E-state index in [1.165, 1.54) is 0 Å². The van der Waals surface area contributed by atoms with E-state index in [-0.39, 0.29) is 6.42 Å². The summed E-state index contributed by atoms with van der Waals surface area (Å²) in [5.74, 6) is 0.544. The highest BCUT2D eigenvalue weighted by Crippen LogP contribution is 2.28. The van der Waals surface area contributed by atoms with Gasteiger partial charge in [-0.25, -0.2) is 4.98 Å². The molecular weight excluding hydrogens is 242 g/mol. The Kier molecular flexibility index (Phi) is 5.28. The fourth-order valence-electron chi connectivity index (χ4n) is 1.45. The lowest BCUT2D eigenvalue weighted by Gasteiger charge is -2.03. The first kappa shape index (κ1) is 13.5. The molecule has 3 nitrogen and oxygen atoms in total. The molecule has 1 rings (SSSR count). The van der Waals surface area contributed by atoms with E-state index >= 15 is 0 Å². The molecule has 16 heavy (non-hydrogen) atoms. The molecule has 5 heteroatoms. The van der Waals surface area contributed by atoms with Gasteiger partial charge in [-0.05, 0) is 18.6 Å². The van der Waals surface area contributed by atoms with Gasteiger partial charge in [-0.15, -0.1) is 11.3 Å². The summed E-state index contributed by atoms with van der Waals surface area (Å²) in [5.41, 5.74) is 1.08. The van der Waals surface area contributed by atoms with Crippen molar-refractivity contribution in [2.45, 2.75) is 38.4 Å². The molecule has 1 aromatic heterocycles. The van der Waals surface area contributed by atoms with Crippen LogP contribution in [0.2, 0.25) is 0 Å². The first-order valence-corrected chi connectivity index (χ1v) is 7.44. The van der Waals surface area contributed by atoms with Gasteiger partial charge in [0.1, 0.15) is 5.01 Å². The van der Waals surface area contributed by atoms with Crippen molar-refractivity contribution < 1.29 is 9.90 Å². The van der Waals surface area contributed by atoms with Gasteiger partial charge in [0.25, 0.3) is 0 Å². The minimum absolute atomic E-state index is 0.195. The van der Waals surface area contributed by atoms with Crippen LogP contribution < -0.4 is 0 Å². The van der Waals surface area contributed by atoms with Gasteiger partial charge in [0.15, 0.2) is 0 Å². The fraction of sp³-hybridized carbons (Fsp3) is 0.636. The van der Waals surface area contributed by atoms with E-state index in [4.69, 9.17) is 5.11 Å². The van der Waals surface area contributed by atoms with Gasteiger partial charge in [0, 0.05) is 10.6 Å². The number of carboxylic acids is 1. The molecule has 0 saturated carbocycles. The van der Waals surface area contributed by atoms with E-state index in [1.54, 1.807) is 23.1 Å². The third-order valence-electron chi connectivity index (χ3n) is 2.15. The Bertz CT molecular complexity index is 361. The number of carbonyl (C=O) groups is 1. The van der Waals surface area contributed by atoms with Gasteiger partial charge in [0.2, 0.25) is 0 Å². The molecule has 1 aromatic rings. The summed E-state index contributed by atoms with van der Waals surface area (Å²) in [7, 11) is 0. The number of carboxylic acid groups (broad SMARTS) is 1. The number of hydrogen-bond donors (Lipinski definition) is 1. The zero-order valence-electron chi connectivity index (χ0n) is 9.82. The predicted octanol–water partition coefficient (Wildman–Crippen LogP) is 3.15. The Morgan fingerprint density at radius 3 is 2.75 bits per heavy atom. The minimum atomic E-state index is -0.741. The molecular formula is C11H17NO2S2. The number of aryl methyl sites for hydroxylation is 1. The molecule has 0 aliphatic carbocycles. The molecule has 1 N–H and O–H groups in total. The molecule has 0 saturated heterocycles. The number of rotatable bonds is 6. The number of hydrogen-bond acceptors (Lipinski definition) is 4. The second-order valence-corrected chi connectivity index (χ2v) is 5.93. The maximum atomic E-state index is 10.6. The van der Waals surface area contributed by atoms with Crippen molar-refractivity contribution in [3.63, 3.8) is 0 Å². The zero-order chi connectivity index (χ0) is 12.1. The van der Waals surface area contributed by atoms with Gasteiger partial charge in [0.05, 0.1) is 12.1 Å².